The summed E-state index contributed by atoms with van der Waals surface area (Å²) in [6.45, 7) is 2.33. The lowest BCUT2D eigenvalue weighted by atomic mass is 9.96. The summed E-state index contributed by atoms with van der Waals surface area (Å²) in [5, 5.41) is 3.43. The Balaban J connectivity index is 1.79. The molecule has 2 fully saturated rings. The van der Waals surface area contributed by atoms with E-state index in [1.54, 1.807) is 6.07 Å². The SMILES string of the molecule is Fc1cccc(C2C[C@H]3CNC[C@@H]3C2)c1. The first kappa shape index (κ1) is 9.34. The van der Waals surface area contributed by atoms with Crippen LogP contribution in [0.5, 0.6) is 0 Å². The van der Waals surface area contributed by atoms with Gasteiger partial charge in [0.05, 0.1) is 0 Å². The normalized spacial score (nSPS) is 30.7. The van der Waals surface area contributed by atoms with Crippen LogP contribution in [0.2, 0.25) is 0 Å². The van der Waals surface area contributed by atoms with Crippen LogP contribution in [0.1, 0.15) is 24.3 Å². The molecule has 2 atom stereocenters. The van der Waals surface area contributed by atoms with Crippen molar-refractivity contribution in [3.05, 3.63) is 35.6 Å². The highest BCUT2D eigenvalue weighted by Crippen LogP contribution is 2.43. The van der Waals surface area contributed by atoms with Crippen molar-refractivity contribution in [2.45, 2.75) is 18.8 Å². The van der Waals surface area contributed by atoms with Crippen LogP contribution in [0, 0.1) is 17.7 Å². The topological polar surface area (TPSA) is 12.0 Å². The van der Waals surface area contributed by atoms with Crippen LogP contribution >= 0.6 is 0 Å². The molecule has 0 aromatic heterocycles. The van der Waals surface area contributed by atoms with Crippen molar-refractivity contribution in [2.75, 3.05) is 13.1 Å². The lowest BCUT2D eigenvalue weighted by Gasteiger charge is -2.11. The molecule has 1 saturated heterocycles. The molecule has 2 heteroatoms. The van der Waals surface area contributed by atoms with E-state index in [0.717, 1.165) is 24.9 Å². The second-order valence-corrected chi connectivity index (χ2v) is 4.90. The molecule has 3 rings (SSSR count). The summed E-state index contributed by atoms with van der Waals surface area (Å²) in [6.07, 6.45) is 2.47. The number of nitrogens with one attached hydrogen (secondary N) is 1. The third-order valence-corrected chi connectivity index (χ3v) is 3.97. The maximum Gasteiger partial charge on any atom is 0.123 e. The Morgan fingerprint density at radius 2 is 1.87 bits per heavy atom. The second kappa shape index (κ2) is 3.60. The minimum absolute atomic E-state index is 0.0947. The van der Waals surface area contributed by atoms with Crippen molar-refractivity contribution in [1.29, 1.82) is 0 Å². The molecule has 1 aliphatic heterocycles. The smallest absolute Gasteiger partial charge is 0.123 e. The van der Waals surface area contributed by atoms with E-state index in [2.05, 4.69) is 11.4 Å². The van der Waals surface area contributed by atoms with Crippen LogP contribution in [-0.2, 0) is 0 Å². The summed E-state index contributed by atoms with van der Waals surface area (Å²) in [7, 11) is 0. The number of fused-ring (bicyclic) bond motifs is 1. The monoisotopic (exact) mass is 205 g/mol. The van der Waals surface area contributed by atoms with Gasteiger partial charge in [-0.2, -0.15) is 0 Å². The van der Waals surface area contributed by atoms with Crippen molar-refractivity contribution < 1.29 is 4.39 Å². The molecule has 80 valence electrons. The van der Waals surface area contributed by atoms with Gasteiger partial charge in [-0.3, -0.25) is 0 Å². The summed E-state index contributed by atoms with van der Waals surface area (Å²) < 4.78 is 13.1. The van der Waals surface area contributed by atoms with Crippen LogP contribution in [0.3, 0.4) is 0 Å². The molecule has 0 unspecified atom stereocenters. The summed E-state index contributed by atoms with van der Waals surface area (Å²) in [5.41, 5.74) is 1.20. The predicted octanol–water partition coefficient (Wildman–Crippen LogP) is 2.54. The molecule has 1 N–H and O–H groups in total. The van der Waals surface area contributed by atoms with Gasteiger partial charge in [0.25, 0.3) is 0 Å². The Kier molecular flexibility index (Phi) is 2.24. The molecular weight excluding hydrogens is 189 g/mol. The molecule has 15 heavy (non-hydrogen) atoms. The van der Waals surface area contributed by atoms with Crippen LogP contribution in [0.4, 0.5) is 4.39 Å². The molecule has 1 saturated carbocycles. The van der Waals surface area contributed by atoms with E-state index in [4.69, 9.17) is 0 Å². The fourth-order valence-electron chi connectivity index (χ4n) is 3.20. The van der Waals surface area contributed by atoms with Gasteiger partial charge in [0.15, 0.2) is 0 Å². The largest absolute Gasteiger partial charge is 0.316 e. The van der Waals surface area contributed by atoms with E-state index >= 15 is 0 Å². The molecule has 2 aliphatic rings. The highest BCUT2D eigenvalue weighted by Gasteiger charge is 2.37. The molecular formula is C13H16FN. The zero-order valence-electron chi connectivity index (χ0n) is 8.75. The lowest BCUT2D eigenvalue weighted by molar-refractivity contribution is 0.494. The molecule has 0 spiro atoms. The third-order valence-electron chi connectivity index (χ3n) is 3.97. The van der Waals surface area contributed by atoms with Gasteiger partial charge in [0, 0.05) is 0 Å². The summed E-state index contributed by atoms with van der Waals surface area (Å²) in [5.74, 6) is 2.16. The number of hydrogen-bond donors (Lipinski definition) is 1. The molecule has 1 aromatic rings. The van der Waals surface area contributed by atoms with Gasteiger partial charge >= 0.3 is 0 Å². The zero-order valence-corrected chi connectivity index (χ0v) is 8.75. The van der Waals surface area contributed by atoms with Crippen LogP contribution in [0.15, 0.2) is 24.3 Å². The van der Waals surface area contributed by atoms with Crippen molar-refractivity contribution in [2.24, 2.45) is 11.8 Å². The van der Waals surface area contributed by atoms with E-state index in [1.165, 1.54) is 24.5 Å². The summed E-state index contributed by atoms with van der Waals surface area (Å²) >= 11 is 0. The van der Waals surface area contributed by atoms with Gasteiger partial charge in [-0.1, -0.05) is 12.1 Å². The molecule has 1 nitrogen and oxygen atoms in total. The Morgan fingerprint density at radius 1 is 1.13 bits per heavy atom. The van der Waals surface area contributed by atoms with Gasteiger partial charge in [-0.05, 0) is 61.4 Å². The first-order valence-electron chi connectivity index (χ1n) is 5.79. The van der Waals surface area contributed by atoms with E-state index in [1.807, 2.05) is 6.07 Å². The highest BCUT2D eigenvalue weighted by molar-refractivity contribution is 5.22. The van der Waals surface area contributed by atoms with Crippen molar-refractivity contribution in [1.82, 2.24) is 5.32 Å². The Morgan fingerprint density at radius 3 is 2.53 bits per heavy atom. The van der Waals surface area contributed by atoms with Gasteiger partial charge in [-0.25, -0.2) is 4.39 Å². The van der Waals surface area contributed by atoms with Crippen molar-refractivity contribution >= 4 is 0 Å². The lowest BCUT2D eigenvalue weighted by Crippen LogP contribution is -2.11. The average Bonchev–Trinajstić information content (AvgIpc) is 2.76. The van der Waals surface area contributed by atoms with E-state index in [-0.39, 0.29) is 5.82 Å². The molecule has 1 aliphatic carbocycles. The molecule has 0 bridgehead atoms. The van der Waals surface area contributed by atoms with Crippen LogP contribution in [-0.4, -0.2) is 13.1 Å². The number of hydrogen-bond acceptors (Lipinski definition) is 1. The Labute approximate surface area is 89.7 Å². The van der Waals surface area contributed by atoms with Crippen LogP contribution < -0.4 is 5.32 Å². The second-order valence-electron chi connectivity index (χ2n) is 4.90. The predicted molar refractivity (Wildman–Crippen MR) is 58.2 cm³/mol. The number of benzene rings is 1. The molecule has 0 amide bonds. The Hall–Kier alpha value is -0.890. The van der Waals surface area contributed by atoms with Gasteiger partial charge in [-0.15, -0.1) is 0 Å². The fourth-order valence-corrected chi connectivity index (χ4v) is 3.20. The van der Waals surface area contributed by atoms with Crippen LogP contribution in [0.25, 0.3) is 0 Å². The Bertz CT molecular complexity index is 351. The minimum Gasteiger partial charge on any atom is -0.316 e. The van der Waals surface area contributed by atoms with E-state index < -0.39 is 0 Å². The van der Waals surface area contributed by atoms with E-state index in [0.29, 0.717) is 5.92 Å². The minimum atomic E-state index is -0.0947. The van der Waals surface area contributed by atoms with Crippen molar-refractivity contribution in [3.8, 4) is 0 Å². The average molecular weight is 205 g/mol. The highest BCUT2D eigenvalue weighted by atomic mass is 19.1. The maximum absolute atomic E-state index is 13.1. The molecule has 0 radical (unpaired) electrons. The third kappa shape index (κ3) is 1.67. The van der Waals surface area contributed by atoms with Gasteiger partial charge in [0.2, 0.25) is 0 Å². The first-order valence-corrected chi connectivity index (χ1v) is 5.79. The first-order chi connectivity index (χ1) is 7.33. The number of rotatable bonds is 1. The zero-order chi connectivity index (χ0) is 10.3. The van der Waals surface area contributed by atoms with Gasteiger partial charge in [0.1, 0.15) is 5.82 Å². The molecule has 1 aromatic carbocycles. The fraction of sp³-hybridized carbons (Fsp3) is 0.538. The summed E-state index contributed by atoms with van der Waals surface area (Å²) in [4.78, 5) is 0. The maximum atomic E-state index is 13.1. The van der Waals surface area contributed by atoms with Crippen molar-refractivity contribution in [3.63, 3.8) is 0 Å². The van der Waals surface area contributed by atoms with E-state index in [9.17, 15) is 4.39 Å². The molecule has 1 heterocycles. The summed E-state index contributed by atoms with van der Waals surface area (Å²) in [6, 6.07) is 7.14. The van der Waals surface area contributed by atoms with Gasteiger partial charge < -0.3 is 5.32 Å². The quantitative estimate of drug-likeness (QED) is 0.743. The number of halogens is 1. The standard InChI is InChI=1S/C13H16FN/c14-13-3-1-2-9(6-13)10-4-11-7-15-8-12(11)5-10/h1-3,6,10-12,15H,4-5,7-8H2/t11-,12-/m0/s1.